The van der Waals surface area contributed by atoms with E-state index in [0.717, 1.165) is 7.11 Å². The van der Waals surface area contributed by atoms with Crippen molar-refractivity contribution in [3.8, 4) is 10.6 Å². The van der Waals surface area contributed by atoms with Gasteiger partial charge in [-0.25, -0.2) is 14.6 Å². The molecule has 0 saturated heterocycles. The molecule has 0 spiro atoms. The van der Waals surface area contributed by atoms with Gasteiger partial charge in [-0.2, -0.15) is 0 Å². The molecule has 1 aromatic carbocycles. The van der Waals surface area contributed by atoms with Crippen LogP contribution in [-0.4, -0.2) is 59.3 Å². The number of aliphatic hydroxyl groups excluding tert-OH is 1. The maximum absolute atomic E-state index is 12.5. The van der Waals surface area contributed by atoms with Crippen LogP contribution in [0.4, 0.5) is 10.5 Å². The van der Waals surface area contributed by atoms with Crippen molar-refractivity contribution >= 4 is 40.9 Å². The van der Waals surface area contributed by atoms with Crippen molar-refractivity contribution in [1.29, 1.82) is 0 Å². The third kappa shape index (κ3) is 7.67. The number of benzene rings is 1. The topological polar surface area (TPSA) is 156 Å². The third-order valence-electron chi connectivity index (χ3n) is 4.02. The summed E-state index contributed by atoms with van der Waals surface area (Å²) in [6.45, 7) is 7.93. The molecule has 182 valence electrons. The van der Waals surface area contributed by atoms with Crippen LogP contribution < -0.4 is 16.0 Å². The summed E-state index contributed by atoms with van der Waals surface area (Å²) in [6, 6.07) is 5.43. The number of ether oxygens (including phenoxy) is 2. The zero-order valence-corrected chi connectivity index (χ0v) is 19.9. The normalized spacial score (nSPS) is 11.7. The molecule has 2 aromatic rings. The molecule has 12 heteroatoms. The minimum Gasteiger partial charge on any atom is -0.464 e. The van der Waals surface area contributed by atoms with Gasteiger partial charge in [0, 0.05) is 16.6 Å². The number of hydrogen-bond donors (Lipinski definition) is 4. The second kappa shape index (κ2) is 11.4. The molecule has 0 bridgehead atoms. The lowest BCUT2D eigenvalue weighted by atomic mass is 10.2. The van der Waals surface area contributed by atoms with Gasteiger partial charge in [-0.15, -0.1) is 11.3 Å². The molecule has 34 heavy (non-hydrogen) atoms. The molecule has 4 N–H and O–H groups in total. The van der Waals surface area contributed by atoms with Crippen LogP contribution in [0.25, 0.3) is 10.6 Å². The van der Waals surface area contributed by atoms with E-state index < -0.39 is 42.1 Å². The van der Waals surface area contributed by atoms with E-state index in [4.69, 9.17) is 4.74 Å². The van der Waals surface area contributed by atoms with Crippen molar-refractivity contribution < 1.29 is 33.8 Å². The van der Waals surface area contributed by atoms with E-state index >= 15 is 0 Å². The zero-order valence-electron chi connectivity index (χ0n) is 19.1. The Kier molecular flexibility index (Phi) is 8.87. The van der Waals surface area contributed by atoms with Crippen molar-refractivity contribution in [2.75, 3.05) is 19.0 Å². The number of methoxy groups -OCH3 is 1. The second-order valence-corrected chi connectivity index (χ2v) is 8.77. The lowest BCUT2D eigenvalue weighted by Crippen LogP contribution is -2.49. The smallest absolute Gasteiger partial charge is 0.412 e. The fourth-order valence-electron chi connectivity index (χ4n) is 2.46. The zero-order chi connectivity index (χ0) is 25.5. The van der Waals surface area contributed by atoms with Gasteiger partial charge in [-0.3, -0.25) is 14.9 Å². The van der Waals surface area contributed by atoms with Gasteiger partial charge in [-0.1, -0.05) is 6.58 Å². The summed E-state index contributed by atoms with van der Waals surface area (Å²) in [5.74, 6) is -2.38. The van der Waals surface area contributed by atoms with Crippen molar-refractivity contribution in [1.82, 2.24) is 15.6 Å². The Morgan fingerprint density at radius 3 is 2.38 bits per heavy atom. The van der Waals surface area contributed by atoms with Crippen LogP contribution in [0.3, 0.4) is 0 Å². The molecule has 0 saturated carbocycles. The average molecular weight is 491 g/mol. The fourth-order valence-corrected chi connectivity index (χ4v) is 3.27. The summed E-state index contributed by atoms with van der Waals surface area (Å²) in [7, 11) is 1.12. The molecule has 1 atom stereocenters. The maximum Gasteiger partial charge on any atom is 0.412 e. The number of amides is 3. The van der Waals surface area contributed by atoms with Crippen LogP contribution in [0.2, 0.25) is 0 Å². The maximum atomic E-state index is 12.5. The fraction of sp³-hybridized carbons (Fsp3) is 0.318. The van der Waals surface area contributed by atoms with Crippen molar-refractivity contribution in [2.24, 2.45) is 0 Å². The molecular formula is C22H26N4O7S. The quantitative estimate of drug-likeness (QED) is 0.324. The van der Waals surface area contributed by atoms with E-state index in [1.165, 1.54) is 16.7 Å². The molecule has 1 aromatic heterocycles. The van der Waals surface area contributed by atoms with Crippen LogP contribution in [0.1, 0.15) is 31.3 Å². The van der Waals surface area contributed by atoms with Gasteiger partial charge in [0.1, 0.15) is 28.0 Å². The summed E-state index contributed by atoms with van der Waals surface area (Å²) in [5, 5.41) is 18.6. The molecule has 3 amide bonds. The number of carbonyl (C=O) groups excluding carboxylic acids is 4. The number of esters is 1. The second-order valence-electron chi connectivity index (χ2n) is 7.91. The standard InChI is InChI=1S/C22H26N4O7S/c1-12(20(30)32-5)23-17(28)15(10-27)25-18(29)16-11-34-19(26-16)13-6-8-14(9-7-13)24-21(31)33-22(2,3)4/h6-9,11,15,27H,1,10H2,2-5H3,(H,23,28)(H,24,31)(H,25,29)/t15-/m0/s1. The number of thiazole rings is 1. The molecule has 0 aliphatic carbocycles. The summed E-state index contributed by atoms with van der Waals surface area (Å²) in [4.78, 5) is 52.1. The molecule has 11 nitrogen and oxygen atoms in total. The van der Waals surface area contributed by atoms with Crippen molar-refractivity contribution in [2.45, 2.75) is 32.4 Å². The Morgan fingerprint density at radius 1 is 1.18 bits per heavy atom. The van der Waals surface area contributed by atoms with Gasteiger partial charge in [0.2, 0.25) is 5.91 Å². The molecule has 1 heterocycles. The number of nitrogens with one attached hydrogen (secondary N) is 3. The summed E-state index contributed by atoms with van der Waals surface area (Å²) >= 11 is 1.20. The molecular weight excluding hydrogens is 464 g/mol. The van der Waals surface area contributed by atoms with E-state index in [0.29, 0.717) is 16.3 Å². The molecule has 0 aliphatic heterocycles. The first kappa shape index (κ1) is 26.5. The summed E-state index contributed by atoms with van der Waals surface area (Å²) in [5.41, 5.74) is 0.310. The number of nitrogens with zero attached hydrogens (tertiary/aromatic N) is 1. The van der Waals surface area contributed by atoms with E-state index in [1.807, 2.05) is 0 Å². The van der Waals surface area contributed by atoms with Gasteiger partial charge in [0.15, 0.2) is 0 Å². The Morgan fingerprint density at radius 2 is 1.82 bits per heavy atom. The number of anilines is 1. The summed E-state index contributed by atoms with van der Waals surface area (Å²) in [6.07, 6.45) is -0.578. The van der Waals surface area contributed by atoms with Crippen LogP contribution in [0, 0.1) is 0 Å². The predicted octanol–water partition coefficient (Wildman–Crippen LogP) is 2.05. The molecule has 0 radical (unpaired) electrons. The Labute approximate surface area is 200 Å². The molecule has 0 aliphatic rings. The van der Waals surface area contributed by atoms with Crippen LogP contribution in [0.5, 0.6) is 0 Å². The van der Waals surface area contributed by atoms with Crippen molar-refractivity contribution in [3.63, 3.8) is 0 Å². The highest BCUT2D eigenvalue weighted by atomic mass is 32.1. The van der Waals surface area contributed by atoms with Crippen molar-refractivity contribution in [3.05, 3.63) is 47.6 Å². The van der Waals surface area contributed by atoms with E-state index in [-0.39, 0.29) is 11.4 Å². The van der Waals surface area contributed by atoms with E-state index in [9.17, 15) is 24.3 Å². The van der Waals surface area contributed by atoms with Gasteiger partial charge >= 0.3 is 12.1 Å². The largest absolute Gasteiger partial charge is 0.464 e. The first-order valence-electron chi connectivity index (χ1n) is 9.99. The van der Waals surface area contributed by atoms with Gasteiger partial charge < -0.3 is 25.2 Å². The number of carbonyl (C=O) groups is 4. The highest BCUT2D eigenvalue weighted by Gasteiger charge is 2.24. The average Bonchev–Trinajstić information content (AvgIpc) is 3.26. The molecule has 0 fully saturated rings. The first-order chi connectivity index (χ1) is 15.9. The highest BCUT2D eigenvalue weighted by molar-refractivity contribution is 7.13. The predicted molar refractivity (Wildman–Crippen MR) is 125 cm³/mol. The minimum atomic E-state index is -1.34. The van der Waals surface area contributed by atoms with Gasteiger partial charge in [0.25, 0.3) is 5.91 Å². The lowest BCUT2D eigenvalue weighted by molar-refractivity contribution is -0.138. The highest BCUT2D eigenvalue weighted by Crippen LogP contribution is 2.25. The van der Waals surface area contributed by atoms with Gasteiger partial charge in [-0.05, 0) is 45.0 Å². The van der Waals surface area contributed by atoms with Gasteiger partial charge in [0.05, 0.1) is 13.7 Å². The van der Waals surface area contributed by atoms with Crippen LogP contribution in [-0.2, 0) is 19.1 Å². The summed E-state index contributed by atoms with van der Waals surface area (Å²) < 4.78 is 9.63. The Balaban J connectivity index is 2.01. The van der Waals surface area contributed by atoms with E-state index in [1.54, 1.807) is 45.0 Å². The Hall–Kier alpha value is -3.77. The first-order valence-corrected chi connectivity index (χ1v) is 10.9. The lowest BCUT2D eigenvalue weighted by Gasteiger charge is -2.19. The number of aromatic nitrogens is 1. The Bertz CT molecular complexity index is 1070. The number of aliphatic hydroxyl groups is 1. The third-order valence-corrected chi connectivity index (χ3v) is 4.92. The molecule has 2 rings (SSSR count). The number of rotatable bonds is 8. The van der Waals surface area contributed by atoms with Crippen LogP contribution in [0.15, 0.2) is 41.9 Å². The van der Waals surface area contributed by atoms with Crippen LogP contribution >= 0.6 is 11.3 Å². The SMILES string of the molecule is C=C(NC(=O)[C@H](CO)NC(=O)c1csc(-c2ccc(NC(=O)OC(C)(C)C)cc2)n1)C(=O)OC. The monoisotopic (exact) mass is 490 g/mol. The minimum absolute atomic E-state index is 0.0361. The number of hydrogen-bond acceptors (Lipinski definition) is 9. The molecule has 0 unspecified atom stereocenters. The van der Waals surface area contributed by atoms with E-state index in [2.05, 4.69) is 32.3 Å².